The quantitative estimate of drug-likeness (QED) is 0.612. The molecule has 17 heavy (non-hydrogen) atoms. The molecule has 1 N–H and O–H groups in total. The highest BCUT2D eigenvalue weighted by Crippen LogP contribution is 2.24. The second kappa shape index (κ2) is 7.71. The van der Waals surface area contributed by atoms with Crippen LogP contribution in [-0.2, 0) is 4.79 Å². The summed E-state index contributed by atoms with van der Waals surface area (Å²) in [6.07, 6.45) is 2.44. The molecule has 0 atom stereocenters. The normalized spacial score (nSPS) is 10.1. The molecule has 1 aromatic carbocycles. The SMILES string of the molecule is COc1cc(Br)cc(NC(=O)CCCCBr)c1. The van der Waals surface area contributed by atoms with Gasteiger partial charge in [0.1, 0.15) is 5.75 Å². The molecule has 0 aliphatic carbocycles. The first-order valence-corrected chi connectivity index (χ1v) is 7.27. The van der Waals surface area contributed by atoms with E-state index in [-0.39, 0.29) is 5.91 Å². The monoisotopic (exact) mass is 363 g/mol. The van der Waals surface area contributed by atoms with Crippen molar-refractivity contribution in [3.05, 3.63) is 22.7 Å². The number of alkyl halides is 1. The van der Waals surface area contributed by atoms with Crippen molar-refractivity contribution in [2.45, 2.75) is 19.3 Å². The molecule has 1 rings (SSSR count). The Morgan fingerprint density at radius 2 is 2.12 bits per heavy atom. The fraction of sp³-hybridized carbons (Fsp3) is 0.417. The minimum atomic E-state index is 0.0334. The number of ether oxygens (including phenoxy) is 1. The molecule has 5 heteroatoms. The number of rotatable bonds is 6. The van der Waals surface area contributed by atoms with Gasteiger partial charge in [-0.05, 0) is 25.0 Å². The van der Waals surface area contributed by atoms with Gasteiger partial charge in [0.2, 0.25) is 5.91 Å². The van der Waals surface area contributed by atoms with Crippen molar-refractivity contribution in [1.82, 2.24) is 0 Å². The van der Waals surface area contributed by atoms with E-state index in [4.69, 9.17) is 4.74 Å². The van der Waals surface area contributed by atoms with E-state index < -0.39 is 0 Å². The minimum absolute atomic E-state index is 0.0334. The fourth-order valence-electron chi connectivity index (χ4n) is 1.36. The Bertz CT molecular complexity index is 383. The van der Waals surface area contributed by atoms with E-state index in [2.05, 4.69) is 37.2 Å². The van der Waals surface area contributed by atoms with Gasteiger partial charge in [0, 0.05) is 28.0 Å². The van der Waals surface area contributed by atoms with Crippen molar-refractivity contribution < 1.29 is 9.53 Å². The Balaban J connectivity index is 2.55. The zero-order chi connectivity index (χ0) is 12.7. The number of anilines is 1. The van der Waals surface area contributed by atoms with Gasteiger partial charge in [-0.25, -0.2) is 0 Å². The zero-order valence-electron chi connectivity index (χ0n) is 9.63. The molecular weight excluding hydrogens is 350 g/mol. The molecule has 0 fully saturated rings. The molecule has 0 heterocycles. The molecule has 94 valence electrons. The Kier molecular flexibility index (Phi) is 6.58. The Labute approximate surface area is 118 Å². The zero-order valence-corrected chi connectivity index (χ0v) is 12.8. The van der Waals surface area contributed by atoms with Crippen molar-refractivity contribution in [2.75, 3.05) is 17.8 Å². The van der Waals surface area contributed by atoms with E-state index in [0.717, 1.165) is 34.1 Å². The summed E-state index contributed by atoms with van der Waals surface area (Å²) in [7, 11) is 1.60. The second-order valence-corrected chi connectivity index (χ2v) is 5.28. The molecular formula is C12H15Br2NO2. The van der Waals surface area contributed by atoms with Crippen LogP contribution in [0.25, 0.3) is 0 Å². The number of halogens is 2. The lowest BCUT2D eigenvalue weighted by Crippen LogP contribution is -2.11. The van der Waals surface area contributed by atoms with Gasteiger partial charge in [0.25, 0.3) is 0 Å². The van der Waals surface area contributed by atoms with Gasteiger partial charge in [-0.3, -0.25) is 4.79 Å². The number of carbonyl (C=O) groups excluding carboxylic acids is 1. The van der Waals surface area contributed by atoms with Gasteiger partial charge in [-0.2, -0.15) is 0 Å². The number of amides is 1. The average molecular weight is 365 g/mol. The van der Waals surface area contributed by atoms with Crippen molar-refractivity contribution in [2.24, 2.45) is 0 Å². The maximum Gasteiger partial charge on any atom is 0.224 e. The summed E-state index contributed by atoms with van der Waals surface area (Å²) in [4.78, 5) is 11.6. The molecule has 0 radical (unpaired) electrons. The number of hydrogen-bond donors (Lipinski definition) is 1. The first-order valence-electron chi connectivity index (χ1n) is 5.36. The topological polar surface area (TPSA) is 38.3 Å². The maximum absolute atomic E-state index is 11.6. The van der Waals surface area contributed by atoms with Crippen LogP contribution in [0.4, 0.5) is 5.69 Å². The molecule has 1 aromatic rings. The number of carbonyl (C=O) groups is 1. The first-order chi connectivity index (χ1) is 8.15. The molecule has 0 saturated heterocycles. The minimum Gasteiger partial charge on any atom is -0.497 e. The third-order valence-corrected chi connectivity index (χ3v) is 3.20. The third-order valence-electron chi connectivity index (χ3n) is 2.18. The highest BCUT2D eigenvalue weighted by Gasteiger charge is 2.04. The third kappa shape index (κ3) is 5.55. The summed E-state index contributed by atoms with van der Waals surface area (Å²) in [5.41, 5.74) is 0.750. The summed E-state index contributed by atoms with van der Waals surface area (Å²) >= 11 is 6.71. The fourth-order valence-corrected chi connectivity index (χ4v) is 2.23. The molecule has 0 bridgehead atoms. The predicted molar refractivity (Wildman–Crippen MR) is 77.0 cm³/mol. The smallest absolute Gasteiger partial charge is 0.224 e. The number of unbranched alkanes of at least 4 members (excludes halogenated alkanes) is 1. The van der Waals surface area contributed by atoms with Crippen molar-refractivity contribution in [1.29, 1.82) is 0 Å². The first kappa shape index (κ1) is 14.5. The molecule has 0 spiro atoms. The van der Waals surface area contributed by atoms with Crippen LogP contribution in [0.1, 0.15) is 19.3 Å². The highest BCUT2D eigenvalue weighted by molar-refractivity contribution is 9.10. The van der Waals surface area contributed by atoms with Crippen LogP contribution in [0.2, 0.25) is 0 Å². The van der Waals surface area contributed by atoms with Gasteiger partial charge < -0.3 is 10.1 Å². The van der Waals surface area contributed by atoms with E-state index in [1.165, 1.54) is 0 Å². The lowest BCUT2D eigenvalue weighted by atomic mass is 10.2. The summed E-state index contributed by atoms with van der Waals surface area (Å²) in [5.74, 6) is 0.751. The van der Waals surface area contributed by atoms with Crippen LogP contribution >= 0.6 is 31.9 Å². The maximum atomic E-state index is 11.6. The van der Waals surface area contributed by atoms with Gasteiger partial charge in [0.05, 0.1) is 7.11 Å². The lowest BCUT2D eigenvalue weighted by Gasteiger charge is -2.08. The van der Waals surface area contributed by atoms with E-state index in [9.17, 15) is 4.79 Å². The molecule has 1 amide bonds. The van der Waals surface area contributed by atoms with Crippen LogP contribution in [-0.4, -0.2) is 18.3 Å². The molecule has 0 aliphatic rings. The molecule has 0 aromatic heterocycles. The van der Waals surface area contributed by atoms with E-state index >= 15 is 0 Å². The standard InChI is InChI=1S/C12H15Br2NO2/c1-17-11-7-9(14)6-10(8-11)15-12(16)4-2-3-5-13/h6-8H,2-5H2,1H3,(H,15,16). The molecule has 0 unspecified atom stereocenters. The largest absolute Gasteiger partial charge is 0.497 e. The Morgan fingerprint density at radius 3 is 2.76 bits per heavy atom. The molecule has 0 aliphatic heterocycles. The van der Waals surface area contributed by atoms with Gasteiger partial charge >= 0.3 is 0 Å². The summed E-state index contributed by atoms with van der Waals surface area (Å²) in [6, 6.07) is 5.50. The van der Waals surface area contributed by atoms with Gasteiger partial charge in [-0.1, -0.05) is 31.9 Å². The Morgan fingerprint density at radius 1 is 1.35 bits per heavy atom. The highest BCUT2D eigenvalue weighted by atomic mass is 79.9. The van der Waals surface area contributed by atoms with Gasteiger partial charge in [0.15, 0.2) is 0 Å². The van der Waals surface area contributed by atoms with E-state index in [0.29, 0.717) is 6.42 Å². The van der Waals surface area contributed by atoms with E-state index in [1.54, 1.807) is 13.2 Å². The van der Waals surface area contributed by atoms with Crippen molar-refractivity contribution >= 4 is 43.5 Å². The Hall–Kier alpha value is -0.550. The summed E-state index contributed by atoms with van der Waals surface area (Å²) in [5, 5.41) is 3.79. The van der Waals surface area contributed by atoms with Crippen LogP contribution in [0.5, 0.6) is 5.75 Å². The van der Waals surface area contributed by atoms with Gasteiger partial charge in [-0.15, -0.1) is 0 Å². The molecule has 3 nitrogen and oxygen atoms in total. The van der Waals surface area contributed by atoms with Crippen LogP contribution in [0.3, 0.4) is 0 Å². The number of nitrogens with one attached hydrogen (secondary N) is 1. The van der Waals surface area contributed by atoms with E-state index in [1.807, 2.05) is 12.1 Å². The van der Waals surface area contributed by atoms with Crippen LogP contribution < -0.4 is 10.1 Å². The number of benzene rings is 1. The summed E-state index contributed by atoms with van der Waals surface area (Å²) in [6.45, 7) is 0. The number of hydrogen-bond acceptors (Lipinski definition) is 2. The van der Waals surface area contributed by atoms with Crippen LogP contribution in [0.15, 0.2) is 22.7 Å². The van der Waals surface area contributed by atoms with Crippen molar-refractivity contribution in [3.63, 3.8) is 0 Å². The summed E-state index contributed by atoms with van der Waals surface area (Å²) < 4.78 is 6.01. The molecule has 0 saturated carbocycles. The van der Waals surface area contributed by atoms with Crippen LogP contribution in [0, 0.1) is 0 Å². The lowest BCUT2D eigenvalue weighted by molar-refractivity contribution is -0.116. The van der Waals surface area contributed by atoms with Crippen molar-refractivity contribution in [3.8, 4) is 5.75 Å². The second-order valence-electron chi connectivity index (χ2n) is 3.57. The average Bonchev–Trinajstić information content (AvgIpc) is 2.28. The number of methoxy groups -OCH3 is 1. The predicted octanol–water partition coefficient (Wildman–Crippen LogP) is 3.96.